The van der Waals surface area contributed by atoms with Crippen molar-refractivity contribution >= 4 is 45.2 Å². The predicted octanol–water partition coefficient (Wildman–Crippen LogP) is 4.94. The Morgan fingerprint density at radius 3 is 2.43 bits per heavy atom. The minimum atomic E-state index is 0.838. The average Bonchev–Trinajstić information content (AvgIpc) is 2.23. The van der Waals surface area contributed by atoms with E-state index in [0.29, 0.717) is 0 Å². The summed E-state index contributed by atoms with van der Waals surface area (Å²) < 4.78 is 2.83. The van der Waals surface area contributed by atoms with Gasteiger partial charge in [-0.25, -0.2) is 0 Å². The summed E-state index contributed by atoms with van der Waals surface area (Å²) in [7, 11) is 0. The van der Waals surface area contributed by atoms with Gasteiger partial charge in [0.15, 0.2) is 0 Å². The standard InChI is InChI=1S/C12H14I2/c13-10-6-7-12(14)11(8-10)9-4-2-1-3-5-9/h6-9H,1-5H2. The molecule has 0 bridgehead atoms. The van der Waals surface area contributed by atoms with Crippen LogP contribution in [-0.2, 0) is 0 Å². The maximum atomic E-state index is 2.48. The molecule has 0 heterocycles. The predicted molar refractivity (Wildman–Crippen MR) is 77.7 cm³/mol. The van der Waals surface area contributed by atoms with Crippen molar-refractivity contribution in [3.8, 4) is 0 Å². The molecule has 0 radical (unpaired) electrons. The van der Waals surface area contributed by atoms with Crippen molar-refractivity contribution in [3.63, 3.8) is 0 Å². The molecule has 0 N–H and O–H groups in total. The van der Waals surface area contributed by atoms with Gasteiger partial charge in [-0.2, -0.15) is 0 Å². The van der Waals surface area contributed by atoms with Gasteiger partial charge in [-0.1, -0.05) is 19.3 Å². The van der Waals surface area contributed by atoms with Crippen molar-refractivity contribution in [3.05, 3.63) is 30.9 Å². The molecule has 0 unspecified atom stereocenters. The third kappa shape index (κ3) is 2.62. The van der Waals surface area contributed by atoms with Crippen molar-refractivity contribution in [2.75, 3.05) is 0 Å². The number of halogens is 2. The molecule has 14 heavy (non-hydrogen) atoms. The van der Waals surface area contributed by atoms with Crippen LogP contribution in [0.4, 0.5) is 0 Å². The van der Waals surface area contributed by atoms with Gasteiger partial charge in [-0.3, -0.25) is 0 Å². The molecule has 1 saturated carbocycles. The lowest BCUT2D eigenvalue weighted by atomic mass is 9.84. The first kappa shape index (κ1) is 11.2. The van der Waals surface area contributed by atoms with E-state index in [2.05, 4.69) is 63.4 Å². The Bertz CT molecular complexity index is 314. The first-order valence-electron chi connectivity index (χ1n) is 5.22. The molecule has 2 rings (SSSR count). The average molecular weight is 412 g/mol. The van der Waals surface area contributed by atoms with Crippen LogP contribution in [0.5, 0.6) is 0 Å². The second kappa shape index (κ2) is 5.14. The van der Waals surface area contributed by atoms with Crippen LogP contribution in [0.1, 0.15) is 43.6 Å². The van der Waals surface area contributed by atoms with Crippen LogP contribution in [-0.4, -0.2) is 0 Å². The summed E-state index contributed by atoms with van der Waals surface area (Å²) in [5.74, 6) is 0.838. The van der Waals surface area contributed by atoms with E-state index in [4.69, 9.17) is 0 Å². The molecular formula is C12H14I2. The zero-order valence-electron chi connectivity index (χ0n) is 8.10. The Hall–Kier alpha value is 0.680. The molecule has 0 amide bonds. The van der Waals surface area contributed by atoms with E-state index in [0.717, 1.165) is 5.92 Å². The Labute approximate surface area is 113 Å². The first-order chi connectivity index (χ1) is 6.77. The molecular weight excluding hydrogens is 398 g/mol. The van der Waals surface area contributed by atoms with Gasteiger partial charge in [0.25, 0.3) is 0 Å². The highest BCUT2D eigenvalue weighted by Gasteiger charge is 2.17. The molecule has 1 fully saturated rings. The Balaban J connectivity index is 2.24. The Morgan fingerprint density at radius 1 is 1.00 bits per heavy atom. The second-order valence-electron chi connectivity index (χ2n) is 4.00. The molecule has 1 aromatic carbocycles. The maximum absolute atomic E-state index is 2.48. The van der Waals surface area contributed by atoms with Crippen molar-refractivity contribution in [1.29, 1.82) is 0 Å². The highest BCUT2D eigenvalue weighted by atomic mass is 127. The van der Waals surface area contributed by atoms with Crippen LogP contribution in [0.2, 0.25) is 0 Å². The number of hydrogen-bond acceptors (Lipinski definition) is 0. The lowest BCUT2D eigenvalue weighted by Crippen LogP contribution is -2.06. The minimum Gasteiger partial charge on any atom is -0.0533 e. The van der Waals surface area contributed by atoms with Crippen LogP contribution >= 0.6 is 45.2 Å². The Morgan fingerprint density at radius 2 is 1.71 bits per heavy atom. The monoisotopic (exact) mass is 412 g/mol. The van der Waals surface area contributed by atoms with Crippen molar-refractivity contribution in [1.82, 2.24) is 0 Å². The van der Waals surface area contributed by atoms with Crippen molar-refractivity contribution in [2.45, 2.75) is 38.0 Å². The lowest BCUT2D eigenvalue weighted by Gasteiger charge is -2.23. The van der Waals surface area contributed by atoms with Crippen molar-refractivity contribution < 1.29 is 0 Å². The molecule has 0 saturated heterocycles. The van der Waals surface area contributed by atoms with Gasteiger partial charge in [-0.05, 0) is 87.7 Å². The summed E-state index contributed by atoms with van der Waals surface area (Å²) in [6.07, 6.45) is 7.08. The van der Waals surface area contributed by atoms with E-state index in [9.17, 15) is 0 Å². The second-order valence-corrected chi connectivity index (χ2v) is 6.41. The highest BCUT2D eigenvalue weighted by molar-refractivity contribution is 14.1. The van der Waals surface area contributed by atoms with Crippen LogP contribution in [0.25, 0.3) is 0 Å². The quantitative estimate of drug-likeness (QED) is 0.574. The summed E-state index contributed by atoms with van der Waals surface area (Å²) >= 11 is 4.89. The fraction of sp³-hybridized carbons (Fsp3) is 0.500. The molecule has 0 spiro atoms. The van der Waals surface area contributed by atoms with Gasteiger partial charge in [0, 0.05) is 7.14 Å². The van der Waals surface area contributed by atoms with Crippen LogP contribution in [0, 0.1) is 7.14 Å². The number of benzene rings is 1. The van der Waals surface area contributed by atoms with Gasteiger partial charge in [0.1, 0.15) is 0 Å². The van der Waals surface area contributed by atoms with Crippen LogP contribution in [0.15, 0.2) is 18.2 Å². The molecule has 2 heteroatoms. The molecule has 76 valence electrons. The largest absolute Gasteiger partial charge is 0.0533 e. The fourth-order valence-electron chi connectivity index (χ4n) is 2.24. The summed E-state index contributed by atoms with van der Waals surface area (Å²) in [4.78, 5) is 0. The van der Waals surface area contributed by atoms with E-state index in [1.165, 1.54) is 39.2 Å². The van der Waals surface area contributed by atoms with Gasteiger partial charge >= 0.3 is 0 Å². The molecule has 1 aromatic rings. The summed E-state index contributed by atoms with van der Waals surface area (Å²) in [5.41, 5.74) is 1.59. The van der Waals surface area contributed by atoms with Gasteiger partial charge in [0.2, 0.25) is 0 Å². The van der Waals surface area contributed by atoms with E-state index < -0.39 is 0 Å². The van der Waals surface area contributed by atoms with E-state index in [-0.39, 0.29) is 0 Å². The van der Waals surface area contributed by atoms with Crippen LogP contribution in [0.3, 0.4) is 0 Å². The molecule has 0 atom stereocenters. The topological polar surface area (TPSA) is 0 Å². The van der Waals surface area contributed by atoms with E-state index in [1.807, 2.05) is 0 Å². The molecule has 0 nitrogen and oxygen atoms in total. The lowest BCUT2D eigenvalue weighted by molar-refractivity contribution is 0.442. The van der Waals surface area contributed by atoms with Gasteiger partial charge in [-0.15, -0.1) is 0 Å². The molecule has 1 aliphatic carbocycles. The van der Waals surface area contributed by atoms with Crippen LogP contribution < -0.4 is 0 Å². The van der Waals surface area contributed by atoms with E-state index >= 15 is 0 Å². The summed E-state index contributed by atoms with van der Waals surface area (Å²) in [6.45, 7) is 0. The molecule has 0 aromatic heterocycles. The smallest absolute Gasteiger partial charge is 0.0165 e. The normalized spacial score (nSPS) is 18.4. The molecule has 0 aliphatic heterocycles. The maximum Gasteiger partial charge on any atom is 0.0165 e. The van der Waals surface area contributed by atoms with Gasteiger partial charge < -0.3 is 0 Å². The Kier molecular flexibility index (Phi) is 4.10. The van der Waals surface area contributed by atoms with Gasteiger partial charge in [0.05, 0.1) is 0 Å². The fourth-order valence-corrected chi connectivity index (χ4v) is 3.53. The zero-order chi connectivity index (χ0) is 9.97. The SMILES string of the molecule is Ic1ccc(I)c(C2CCCCC2)c1. The third-order valence-electron chi connectivity index (χ3n) is 3.00. The highest BCUT2D eigenvalue weighted by Crippen LogP contribution is 2.35. The zero-order valence-corrected chi connectivity index (χ0v) is 12.4. The number of rotatable bonds is 1. The minimum absolute atomic E-state index is 0.838. The summed E-state index contributed by atoms with van der Waals surface area (Å²) in [6, 6.07) is 6.83. The number of hydrogen-bond donors (Lipinski definition) is 0. The first-order valence-corrected chi connectivity index (χ1v) is 7.38. The third-order valence-corrected chi connectivity index (χ3v) is 4.66. The van der Waals surface area contributed by atoms with E-state index in [1.54, 1.807) is 5.56 Å². The molecule has 1 aliphatic rings. The summed E-state index contributed by atoms with van der Waals surface area (Å²) in [5, 5.41) is 0. The van der Waals surface area contributed by atoms with Crippen molar-refractivity contribution in [2.24, 2.45) is 0 Å².